The van der Waals surface area contributed by atoms with Crippen molar-refractivity contribution in [3.05, 3.63) is 48.0 Å². The maximum atomic E-state index is 12.9. The number of carbonyl (C=O) groups excluding carboxylic acids is 1. The van der Waals surface area contributed by atoms with Crippen molar-refractivity contribution in [2.24, 2.45) is 0 Å². The van der Waals surface area contributed by atoms with Crippen LogP contribution in [0.4, 0.5) is 4.79 Å². The Morgan fingerprint density at radius 3 is 2.39 bits per heavy atom. The molecule has 2 rings (SSSR count). The summed E-state index contributed by atoms with van der Waals surface area (Å²) in [5.41, 5.74) is 0.213. The average molecular weight is 409 g/mol. The smallest absolute Gasteiger partial charge is 0.408 e. The zero-order valence-electron chi connectivity index (χ0n) is 16.0. The number of benzene rings is 1. The van der Waals surface area contributed by atoms with Crippen molar-refractivity contribution in [3.63, 3.8) is 0 Å². The predicted octanol–water partition coefficient (Wildman–Crippen LogP) is 1.95. The van der Waals surface area contributed by atoms with Gasteiger partial charge in [0, 0.05) is 12.6 Å². The number of hydrogen-bond donors (Lipinski definition) is 2. The van der Waals surface area contributed by atoms with E-state index >= 15 is 0 Å². The quantitative estimate of drug-likeness (QED) is 0.746. The highest BCUT2D eigenvalue weighted by molar-refractivity contribution is 7.90. The number of nitrogens with zero attached hydrogens (tertiary/aromatic N) is 2. The fourth-order valence-electron chi connectivity index (χ4n) is 2.35. The number of carbonyl (C=O) groups is 2. The topological polar surface area (TPSA) is 128 Å². The Morgan fingerprint density at radius 2 is 1.86 bits per heavy atom. The van der Waals surface area contributed by atoms with Crippen LogP contribution in [0.2, 0.25) is 0 Å². The summed E-state index contributed by atoms with van der Waals surface area (Å²) in [5.74, 6) is -1.33. The Labute approximate surface area is 163 Å². The van der Waals surface area contributed by atoms with Crippen molar-refractivity contribution in [1.29, 1.82) is 0 Å². The molecule has 0 aliphatic heterocycles. The summed E-state index contributed by atoms with van der Waals surface area (Å²) in [4.78, 5) is 27.3. The zero-order chi connectivity index (χ0) is 21.1. The van der Waals surface area contributed by atoms with E-state index in [1.807, 2.05) is 6.92 Å². The summed E-state index contributed by atoms with van der Waals surface area (Å²) in [6.45, 7) is 6.77. The van der Waals surface area contributed by atoms with Gasteiger partial charge in [0.25, 0.3) is 10.0 Å². The SMILES string of the molecule is Cc1ccc(S(=O)(=O)n2cncc2CC(NC(=O)OC(C)(C)C)C(=O)O)cc1. The standard InChI is InChI=1S/C18H23N3O6S/c1-12-5-7-14(8-6-12)28(25,26)21-11-19-10-13(21)9-15(16(22)23)20-17(24)27-18(2,3)4/h5-8,10-11,15H,9H2,1-4H3,(H,20,24)(H,22,23). The van der Waals surface area contributed by atoms with E-state index in [1.54, 1.807) is 32.9 Å². The van der Waals surface area contributed by atoms with Crippen molar-refractivity contribution < 1.29 is 27.9 Å². The number of alkyl carbamates (subject to hydrolysis) is 1. The molecule has 1 unspecified atom stereocenters. The van der Waals surface area contributed by atoms with E-state index in [2.05, 4.69) is 10.3 Å². The van der Waals surface area contributed by atoms with Gasteiger partial charge in [0.15, 0.2) is 0 Å². The molecule has 0 saturated heterocycles. The Balaban J connectivity index is 2.27. The second-order valence-electron chi connectivity index (χ2n) is 7.24. The number of aromatic nitrogens is 2. The third-order valence-corrected chi connectivity index (χ3v) is 5.37. The fourth-order valence-corrected chi connectivity index (χ4v) is 3.67. The average Bonchev–Trinajstić information content (AvgIpc) is 3.02. The minimum Gasteiger partial charge on any atom is -0.480 e. The molecule has 2 N–H and O–H groups in total. The first kappa shape index (κ1) is 21.4. The maximum Gasteiger partial charge on any atom is 0.408 e. The Morgan fingerprint density at radius 1 is 1.25 bits per heavy atom. The number of carboxylic acids is 1. The van der Waals surface area contributed by atoms with Gasteiger partial charge in [0.2, 0.25) is 0 Å². The highest BCUT2D eigenvalue weighted by Gasteiger charge is 2.27. The number of rotatable bonds is 6. The molecule has 0 fully saturated rings. The molecule has 10 heteroatoms. The molecule has 0 radical (unpaired) electrons. The lowest BCUT2D eigenvalue weighted by molar-refractivity contribution is -0.139. The van der Waals surface area contributed by atoms with Crippen LogP contribution in [-0.2, 0) is 26.0 Å². The van der Waals surface area contributed by atoms with Crippen molar-refractivity contribution in [2.45, 2.75) is 50.7 Å². The zero-order valence-corrected chi connectivity index (χ0v) is 16.9. The monoisotopic (exact) mass is 409 g/mol. The minimum atomic E-state index is -3.95. The van der Waals surface area contributed by atoms with Crippen LogP contribution < -0.4 is 5.32 Å². The molecule has 152 valence electrons. The van der Waals surface area contributed by atoms with Crippen molar-refractivity contribution >= 4 is 22.1 Å². The van der Waals surface area contributed by atoms with E-state index < -0.39 is 33.7 Å². The Bertz CT molecular complexity index is 958. The van der Waals surface area contributed by atoms with Crippen LogP contribution in [0, 0.1) is 6.92 Å². The van der Waals surface area contributed by atoms with Gasteiger partial charge in [-0.3, -0.25) is 0 Å². The van der Waals surface area contributed by atoms with Crippen molar-refractivity contribution in [1.82, 2.24) is 14.3 Å². The van der Waals surface area contributed by atoms with Crippen LogP contribution >= 0.6 is 0 Å². The van der Waals surface area contributed by atoms with E-state index in [1.165, 1.54) is 18.3 Å². The summed E-state index contributed by atoms with van der Waals surface area (Å²) in [7, 11) is -3.95. The number of aliphatic carboxylic acids is 1. The molecule has 2 aromatic rings. The van der Waals surface area contributed by atoms with Gasteiger partial charge in [-0.05, 0) is 39.8 Å². The first-order chi connectivity index (χ1) is 12.9. The van der Waals surface area contributed by atoms with Crippen molar-refractivity contribution in [3.8, 4) is 0 Å². The molecule has 1 aromatic heterocycles. The van der Waals surface area contributed by atoms with Gasteiger partial charge in [0.1, 0.15) is 18.0 Å². The molecule has 0 bridgehead atoms. The molecule has 0 spiro atoms. The van der Waals surface area contributed by atoms with Gasteiger partial charge in [-0.25, -0.2) is 27.0 Å². The molecular formula is C18H23N3O6S. The van der Waals surface area contributed by atoms with E-state index in [-0.39, 0.29) is 17.0 Å². The summed E-state index contributed by atoms with van der Waals surface area (Å²) in [6.07, 6.45) is 1.14. The first-order valence-electron chi connectivity index (χ1n) is 8.46. The Hall–Kier alpha value is -2.88. The number of hydrogen-bond acceptors (Lipinski definition) is 6. The highest BCUT2D eigenvalue weighted by atomic mass is 32.2. The second kappa shape index (κ2) is 8.01. The van der Waals surface area contributed by atoms with Gasteiger partial charge in [-0.1, -0.05) is 17.7 Å². The molecule has 28 heavy (non-hydrogen) atoms. The summed E-state index contributed by atoms with van der Waals surface area (Å²) >= 11 is 0. The van der Waals surface area contributed by atoms with Crippen LogP contribution in [0.5, 0.6) is 0 Å². The van der Waals surface area contributed by atoms with Gasteiger partial charge in [0.05, 0.1) is 10.6 Å². The van der Waals surface area contributed by atoms with Crippen LogP contribution in [0.25, 0.3) is 0 Å². The van der Waals surface area contributed by atoms with Gasteiger partial charge in [-0.15, -0.1) is 0 Å². The molecule has 0 aliphatic carbocycles. The van der Waals surface area contributed by atoms with Gasteiger partial charge >= 0.3 is 12.1 Å². The lowest BCUT2D eigenvalue weighted by Crippen LogP contribution is -2.45. The fraction of sp³-hybridized carbons (Fsp3) is 0.389. The molecular weight excluding hydrogens is 386 g/mol. The van der Waals surface area contributed by atoms with Crippen LogP contribution in [0.15, 0.2) is 41.7 Å². The van der Waals surface area contributed by atoms with E-state index in [4.69, 9.17) is 4.74 Å². The number of amides is 1. The summed E-state index contributed by atoms with van der Waals surface area (Å²) in [5, 5.41) is 11.7. The highest BCUT2D eigenvalue weighted by Crippen LogP contribution is 2.17. The van der Waals surface area contributed by atoms with E-state index in [9.17, 15) is 23.1 Å². The largest absolute Gasteiger partial charge is 0.480 e. The molecule has 9 nitrogen and oxygen atoms in total. The van der Waals surface area contributed by atoms with Crippen molar-refractivity contribution in [2.75, 3.05) is 0 Å². The molecule has 0 saturated carbocycles. The van der Waals surface area contributed by atoms with E-state index in [0.29, 0.717) is 0 Å². The number of aryl methyl sites for hydroxylation is 1. The normalized spacial score (nSPS) is 13.0. The molecule has 1 amide bonds. The maximum absolute atomic E-state index is 12.9. The predicted molar refractivity (Wildman–Crippen MR) is 100 cm³/mol. The van der Waals surface area contributed by atoms with Crippen LogP contribution in [0.3, 0.4) is 0 Å². The first-order valence-corrected chi connectivity index (χ1v) is 9.90. The van der Waals surface area contributed by atoms with Crippen LogP contribution in [-0.4, -0.2) is 46.2 Å². The third-order valence-electron chi connectivity index (χ3n) is 3.66. The number of nitrogens with one attached hydrogen (secondary N) is 1. The van der Waals surface area contributed by atoms with Gasteiger partial charge in [-0.2, -0.15) is 0 Å². The Kier molecular flexibility index (Phi) is 6.13. The lowest BCUT2D eigenvalue weighted by Gasteiger charge is -2.22. The van der Waals surface area contributed by atoms with Gasteiger partial charge < -0.3 is 15.2 Å². The molecule has 0 aliphatic rings. The van der Waals surface area contributed by atoms with E-state index in [0.717, 1.165) is 15.9 Å². The summed E-state index contributed by atoms with van der Waals surface area (Å²) in [6, 6.07) is 4.85. The molecule has 1 aromatic carbocycles. The lowest BCUT2D eigenvalue weighted by atomic mass is 10.1. The third kappa shape index (κ3) is 5.32. The number of ether oxygens (including phenoxy) is 1. The summed E-state index contributed by atoms with van der Waals surface area (Å²) < 4.78 is 31.7. The molecule has 1 atom stereocenters. The van der Waals surface area contributed by atoms with Crippen LogP contribution in [0.1, 0.15) is 32.0 Å². The second-order valence-corrected chi connectivity index (χ2v) is 9.05. The number of carboxylic acid groups (broad SMARTS) is 1. The number of imidazole rings is 1. The minimum absolute atomic E-state index is 0.0457. The molecule has 1 heterocycles.